The maximum absolute atomic E-state index is 12.8. The zero-order chi connectivity index (χ0) is 21.3. The predicted octanol–water partition coefficient (Wildman–Crippen LogP) is 5.14. The Morgan fingerprint density at radius 3 is 2.43 bits per heavy atom. The third-order valence-corrected chi connectivity index (χ3v) is 5.15. The molecule has 0 atom stereocenters. The minimum Gasteiger partial charge on any atom is -0.419 e. The molecule has 4 rings (SSSR count). The zero-order valence-electron chi connectivity index (χ0n) is 15.7. The highest BCUT2D eigenvalue weighted by atomic mass is 35.5. The molecule has 1 aromatic heterocycles. The molecule has 5 nitrogen and oxygen atoms in total. The van der Waals surface area contributed by atoms with Crippen LogP contribution >= 0.6 is 11.6 Å². The van der Waals surface area contributed by atoms with E-state index in [-0.39, 0.29) is 36.7 Å². The molecule has 30 heavy (non-hydrogen) atoms. The van der Waals surface area contributed by atoms with E-state index in [9.17, 15) is 18.0 Å². The molecule has 1 aliphatic carbocycles. The first-order chi connectivity index (χ1) is 14.3. The van der Waals surface area contributed by atoms with Crippen molar-refractivity contribution in [1.82, 2.24) is 15.1 Å². The van der Waals surface area contributed by atoms with Gasteiger partial charge >= 0.3 is 6.18 Å². The van der Waals surface area contributed by atoms with Gasteiger partial charge in [-0.05, 0) is 42.7 Å². The summed E-state index contributed by atoms with van der Waals surface area (Å²) in [5.41, 5.74) is 0.378. The minimum atomic E-state index is -4.40. The summed E-state index contributed by atoms with van der Waals surface area (Å²) >= 11 is 6.15. The van der Waals surface area contributed by atoms with Gasteiger partial charge in [0.05, 0.1) is 29.1 Å². The van der Waals surface area contributed by atoms with Gasteiger partial charge in [0, 0.05) is 6.04 Å². The molecule has 1 heterocycles. The lowest BCUT2D eigenvalue weighted by Crippen LogP contribution is -2.34. The fraction of sp³-hybridized carbons (Fsp3) is 0.286. The van der Waals surface area contributed by atoms with Gasteiger partial charge in [-0.2, -0.15) is 13.2 Å². The molecule has 1 saturated carbocycles. The molecular weight excluding hydrogens is 419 g/mol. The van der Waals surface area contributed by atoms with Crippen molar-refractivity contribution in [1.29, 1.82) is 0 Å². The molecule has 0 saturated heterocycles. The van der Waals surface area contributed by atoms with Crippen molar-refractivity contribution >= 4 is 17.5 Å². The summed E-state index contributed by atoms with van der Waals surface area (Å²) < 4.78 is 43.8. The van der Waals surface area contributed by atoms with Crippen molar-refractivity contribution in [3.63, 3.8) is 0 Å². The largest absolute Gasteiger partial charge is 0.419 e. The first-order valence-electron chi connectivity index (χ1n) is 9.34. The van der Waals surface area contributed by atoms with E-state index in [1.54, 1.807) is 29.2 Å². The molecule has 9 heteroatoms. The number of carbonyl (C=O) groups excluding carboxylic acids is 1. The number of carbonyl (C=O) groups is 1. The first kappa shape index (κ1) is 20.4. The van der Waals surface area contributed by atoms with E-state index in [1.807, 2.05) is 0 Å². The Hall–Kier alpha value is -2.87. The van der Waals surface area contributed by atoms with Crippen LogP contribution in [-0.2, 0) is 23.9 Å². The van der Waals surface area contributed by atoms with E-state index in [4.69, 9.17) is 16.0 Å². The number of benzene rings is 2. The van der Waals surface area contributed by atoms with Gasteiger partial charge in [0.2, 0.25) is 17.7 Å². The van der Waals surface area contributed by atoms with Crippen LogP contribution in [0, 0.1) is 0 Å². The number of hydrogen-bond acceptors (Lipinski definition) is 4. The van der Waals surface area contributed by atoms with Crippen LogP contribution < -0.4 is 0 Å². The van der Waals surface area contributed by atoms with Crippen molar-refractivity contribution in [2.45, 2.75) is 38.0 Å². The Morgan fingerprint density at radius 2 is 1.80 bits per heavy atom. The maximum atomic E-state index is 12.8. The molecule has 3 aromatic rings. The van der Waals surface area contributed by atoms with Crippen LogP contribution in [0.5, 0.6) is 0 Å². The third-order valence-electron chi connectivity index (χ3n) is 4.82. The van der Waals surface area contributed by atoms with Crippen molar-refractivity contribution in [2.24, 2.45) is 0 Å². The fourth-order valence-corrected chi connectivity index (χ4v) is 3.32. The van der Waals surface area contributed by atoms with Crippen molar-refractivity contribution in [3.8, 4) is 11.5 Å². The van der Waals surface area contributed by atoms with E-state index in [0.717, 1.165) is 25.0 Å². The molecule has 2 aromatic carbocycles. The van der Waals surface area contributed by atoms with E-state index in [0.29, 0.717) is 16.1 Å². The van der Waals surface area contributed by atoms with Crippen LogP contribution in [0.1, 0.15) is 29.9 Å². The zero-order valence-corrected chi connectivity index (χ0v) is 16.5. The lowest BCUT2D eigenvalue weighted by Gasteiger charge is -2.20. The number of amides is 1. The van der Waals surface area contributed by atoms with Crippen molar-refractivity contribution in [3.05, 3.63) is 70.6 Å². The number of rotatable bonds is 6. The monoisotopic (exact) mass is 435 g/mol. The van der Waals surface area contributed by atoms with Crippen LogP contribution in [0.4, 0.5) is 13.2 Å². The fourth-order valence-electron chi connectivity index (χ4n) is 3.10. The molecule has 0 N–H and O–H groups in total. The molecule has 0 aliphatic heterocycles. The lowest BCUT2D eigenvalue weighted by atomic mass is 10.1. The Balaban J connectivity index is 1.46. The highest BCUT2D eigenvalue weighted by molar-refractivity contribution is 6.33. The second-order valence-electron chi connectivity index (χ2n) is 7.11. The van der Waals surface area contributed by atoms with Crippen LogP contribution in [0.25, 0.3) is 11.5 Å². The summed E-state index contributed by atoms with van der Waals surface area (Å²) in [6, 6.07) is 11.8. The van der Waals surface area contributed by atoms with Gasteiger partial charge in [0.25, 0.3) is 0 Å². The molecular formula is C21H17ClF3N3O2. The average Bonchev–Trinajstić information content (AvgIpc) is 3.44. The highest BCUT2D eigenvalue weighted by Crippen LogP contribution is 2.32. The Labute approximate surface area is 175 Å². The van der Waals surface area contributed by atoms with Gasteiger partial charge in [0.1, 0.15) is 0 Å². The summed E-state index contributed by atoms with van der Waals surface area (Å²) in [6.07, 6.45) is -2.67. The molecule has 0 spiro atoms. The SMILES string of the molecule is O=C(Cc1ccc(C(F)(F)F)cc1)N(Cc1nnc(-c2ccccc2Cl)o1)C1CC1. The third kappa shape index (κ3) is 4.64. The Morgan fingerprint density at radius 1 is 1.10 bits per heavy atom. The topological polar surface area (TPSA) is 59.2 Å². The first-order valence-corrected chi connectivity index (χ1v) is 9.72. The van der Waals surface area contributed by atoms with Crippen molar-refractivity contribution < 1.29 is 22.4 Å². The second kappa shape index (κ2) is 8.10. The second-order valence-corrected chi connectivity index (χ2v) is 7.51. The minimum absolute atomic E-state index is 0.000144. The number of halogens is 4. The number of nitrogens with zero attached hydrogens (tertiary/aromatic N) is 3. The van der Waals surface area contributed by atoms with E-state index >= 15 is 0 Å². The van der Waals surface area contributed by atoms with Crippen LogP contribution in [0.2, 0.25) is 5.02 Å². The average molecular weight is 436 g/mol. The number of hydrogen-bond donors (Lipinski definition) is 0. The summed E-state index contributed by atoms with van der Waals surface area (Å²) in [7, 11) is 0. The molecule has 156 valence electrons. The van der Waals surface area contributed by atoms with E-state index < -0.39 is 11.7 Å². The van der Waals surface area contributed by atoms with Gasteiger partial charge in [-0.15, -0.1) is 10.2 Å². The molecule has 0 radical (unpaired) electrons. The number of alkyl halides is 3. The lowest BCUT2D eigenvalue weighted by molar-refractivity contribution is -0.137. The molecule has 1 fully saturated rings. The molecule has 1 amide bonds. The van der Waals surface area contributed by atoms with Crippen LogP contribution in [-0.4, -0.2) is 27.0 Å². The molecule has 0 unspecified atom stereocenters. The van der Waals surface area contributed by atoms with Gasteiger partial charge in [-0.3, -0.25) is 4.79 Å². The van der Waals surface area contributed by atoms with Crippen LogP contribution in [0.15, 0.2) is 52.9 Å². The summed E-state index contributed by atoms with van der Waals surface area (Å²) in [5, 5.41) is 8.50. The molecule has 1 aliphatic rings. The van der Waals surface area contributed by atoms with Gasteiger partial charge in [0.15, 0.2) is 0 Å². The van der Waals surface area contributed by atoms with Gasteiger partial charge in [-0.1, -0.05) is 35.9 Å². The maximum Gasteiger partial charge on any atom is 0.416 e. The van der Waals surface area contributed by atoms with Gasteiger partial charge in [-0.25, -0.2) is 0 Å². The summed E-state index contributed by atoms with van der Waals surface area (Å²) in [4.78, 5) is 14.4. The normalized spacial score (nSPS) is 14.0. The van der Waals surface area contributed by atoms with Crippen LogP contribution in [0.3, 0.4) is 0 Å². The smallest absolute Gasteiger partial charge is 0.416 e. The highest BCUT2D eigenvalue weighted by Gasteiger charge is 2.34. The Bertz CT molecular complexity index is 1050. The van der Waals surface area contributed by atoms with E-state index in [1.165, 1.54) is 12.1 Å². The standard InChI is InChI=1S/C21H17ClF3N3O2/c22-17-4-2-1-3-16(17)20-27-26-18(30-20)12-28(15-9-10-15)19(29)11-13-5-7-14(8-6-13)21(23,24)25/h1-8,15H,9-12H2. The quantitative estimate of drug-likeness (QED) is 0.537. The Kier molecular flexibility index (Phi) is 5.51. The van der Waals surface area contributed by atoms with E-state index in [2.05, 4.69) is 10.2 Å². The van der Waals surface area contributed by atoms with Gasteiger partial charge < -0.3 is 9.32 Å². The number of aromatic nitrogens is 2. The predicted molar refractivity (Wildman–Crippen MR) is 103 cm³/mol. The summed E-state index contributed by atoms with van der Waals surface area (Å²) in [6.45, 7) is 0.140. The van der Waals surface area contributed by atoms with Crippen molar-refractivity contribution in [2.75, 3.05) is 0 Å². The molecule has 0 bridgehead atoms. The summed E-state index contributed by atoms with van der Waals surface area (Å²) in [5.74, 6) is 0.342.